The molecule has 2 N–H and O–H groups in total. The summed E-state index contributed by atoms with van der Waals surface area (Å²) in [7, 11) is 1.42. The summed E-state index contributed by atoms with van der Waals surface area (Å²) in [6.07, 6.45) is 4.04. The first kappa shape index (κ1) is 14.9. The second kappa shape index (κ2) is 5.84. The Balaban J connectivity index is 2.22. The number of nitrogens with two attached hydrogens (primary N) is 1. The van der Waals surface area contributed by atoms with Crippen molar-refractivity contribution in [1.29, 1.82) is 0 Å². The normalized spacial score (nSPS) is 24.9. The summed E-state index contributed by atoms with van der Waals surface area (Å²) in [6.45, 7) is 1.96. The van der Waals surface area contributed by atoms with E-state index in [-0.39, 0.29) is 0 Å². The van der Waals surface area contributed by atoms with Crippen molar-refractivity contribution in [3.05, 3.63) is 63.9 Å². The van der Waals surface area contributed by atoms with Gasteiger partial charge in [0, 0.05) is 6.08 Å². The van der Waals surface area contributed by atoms with Crippen molar-refractivity contribution < 1.29 is 9.66 Å². The lowest BCUT2D eigenvalue weighted by Gasteiger charge is -2.21. The van der Waals surface area contributed by atoms with Gasteiger partial charge in [-0.05, 0) is 30.7 Å². The summed E-state index contributed by atoms with van der Waals surface area (Å²) in [5, 5.41) is 19.2. The number of methoxy groups -OCH3 is 1. The smallest absolute Gasteiger partial charge is 0.314 e. The number of ether oxygens (including phenoxy) is 1. The first-order chi connectivity index (χ1) is 9.94. The molecule has 0 amide bonds. The van der Waals surface area contributed by atoms with Crippen LogP contribution in [-0.2, 0) is 4.74 Å². The van der Waals surface area contributed by atoms with Crippen LogP contribution in [-0.4, -0.2) is 23.7 Å². The summed E-state index contributed by atoms with van der Waals surface area (Å²) < 4.78 is 5.13. The second-order valence-electron chi connectivity index (χ2n) is 4.75. The molecule has 2 unspecified atom stereocenters. The lowest BCUT2D eigenvalue weighted by Crippen LogP contribution is -2.46. The maximum atomic E-state index is 10.9. The predicted octanol–water partition coefficient (Wildman–Crippen LogP) is 2.48. The molecule has 0 aromatic heterocycles. The van der Waals surface area contributed by atoms with Gasteiger partial charge < -0.3 is 4.74 Å². The molecule has 0 fully saturated rings. The molecule has 1 aromatic carbocycles. The van der Waals surface area contributed by atoms with Crippen LogP contribution in [0.4, 0.5) is 5.69 Å². The first-order valence-corrected chi connectivity index (χ1v) is 6.31. The van der Waals surface area contributed by atoms with Gasteiger partial charge in [-0.3, -0.25) is 15.8 Å². The van der Waals surface area contributed by atoms with Crippen molar-refractivity contribution in [3.8, 4) is 0 Å². The molecule has 0 spiro atoms. The van der Waals surface area contributed by atoms with Gasteiger partial charge in [-0.25, -0.2) is 0 Å². The highest BCUT2D eigenvalue weighted by atomic mass is 16.6. The van der Waals surface area contributed by atoms with E-state index in [1.54, 1.807) is 0 Å². The van der Waals surface area contributed by atoms with E-state index in [9.17, 15) is 10.1 Å². The van der Waals surface area contributed by atoms with E-state index in [0.29, 0.717) is 11.4 Å². The van der Waals surface area contributed by atoms with Crippen LogP contribution in [0.2, 0.25) is 0 Å². The number of hydrogen-bond donors (Lipinski definition) is 1. The number of hydrogen-bond acceptors (Lipinski definition) is 6. The molecule has 1 aliphatic rings. The van der Waals surface area contributed by atoms with E-state index >= 15 is 0 Å². The van der Waals surface area contributed by atoms with E-state index in [1.807, 2.05) is 31.2 Å². The van der Waals surface area contributed by atoms with Crippen molar-refractivity contribution in [2.75, 3.05) is 7.11 Å². The van der Waals surface area contributed by atoms with E-state index in [1.165, 1.54) is 25.3 Å². The average Bonchev–Trinajstić information content (AvgIpc) is 2.46. The van der Waals surface area contributed by atoms with Crippen molar-refractivity contribution in [2.24, 2.45) is 16.0 Å². The maximum Gasteiger partial charge on any atom is 0.314 e. The largest absolute Gasteiger partial charge is 0.498 e. The molecular formula is C14H16N4O3. The lowest BCUT2D eigenvalue weighted by atomic mass is 10.0. The van der Waals surface area contributed by atoms with Gasteiger partial charge in [0.1, 0.15) is 11.8 Å². The maximum absolute atomic E-state index is 10.9. The monoisotopic (exact) mass is 288 g/mol. The summed E-state index contributed by atoms with van der Waals surface area (Å²) in [5.74, 6) is 0.299. The fourth-order valence-corrected chi connectivity index (χ4v) is 1.91. The highest BCUT2D eigenvalue weighted by Gasteiger charge is 2.38. The van der Waals surface area contributed by atoms with Gasteiger partial charge in [0.15, 0.2) is 0 Å². The zero-order valence-electron chi connectivity index (χ0n) is 11.8. The molecule has 0 bridgehead atoms. The minimum Gasteiger partial charge on any atom is -0.498 e. The third kappa shape index (κ3) is 3.32. The van der Waals surface area contributed by atoms with Crippen LogP contribution < -0.4 is 5.73 Å². The molecule has 0 radical (unpaired) electrons. The number of benzene rings is 1. The van der Waals surface area contributed by atoms with Gasteiger partial charge in [-0.15, -0.1) is 0 Å². The first-order valence-electron chi connectivity index (χ1n) is 6.31. The molecule has 1 aliphatic carbocycles. The summed E-state index contributed by atoms with van der Waals surface area (Å²) in [5.41, 5.74) is 5.66. The van der Waals surface area contributed by atoms with Crippen LogP contribution in [0.3, 0.4) is 0 Å². The Bertz CT molecular complexity index is 639. The van der Waals surface area contributed by atoms with Gasteiger partial charge in [0.25, 0.3) is 0 Å². The molecule has 7 nitrogen and oxygen atoms in total. The topological polar surface area (TPSA) is 103 Å². The van der Waals surface area contributed by atoms with Gasteiger partial charge in [0.2, 0.25) is 0 Å². The van der Waals surface area contributed by atoms with Gasteiger partial charge >= 0.3 is 5.66 Å². The van der Waals surface area contributed by atoms with Crippen LogP contribution >= 0.6 is 0 Å². The molecule has 0 aliphatic heterocycles. The fourth-order valence-electron chi connectivity index (χ4n) is 1.91. The van der Waals surface area contributed by atoms with Crippen LogP contribution in [0, 0.1) is 17.0 Å². The third-order valence-corrected chi connectivity index (χ3v) is 3.06. The SMILES string of the molecule is COC1=CC(N)([N+](=O)[O-])C=CC1N=Nc1cccc(C)c1. The van der Waals surface area contributed by atoms with Crippen molar-refractivity contribution >= 4 is 5.69 Å². The Morgan fingerprint density at radius 1 is 1.48 bits per heavy atom. The number of azo groups is 1. The van der Waals surface area contributed by atoms with Gasteiger partial charge in [-0.1, -0.05) is 12.1 Å². The van der Waals surface area contributed by atoms with E-state index in [2.05, 4.69) is 10.2 Å². The third-order valence-electron chi connectivity index (χ3n) is 3.06. The van der Waals surface area contributed by atoms with E-state index in [4.69, 9.17) is 10.5 Å². The van der Waals surface area contributed by atoms with Crippen molar-refractivity contribution in [3.63, 3.8) is 0 Å². The number of nitrogens with zero attached hydrogens (tertiary/aromatic N) is 3. The molecule has 7 heteroatoms. The van der Waals surface area contributed by atoms with Gasteiger partial charge in [-0.2, -0.15) is 10.2 Å². The highest BCUT2D eigenvalue weighted by molar-refractivity contribution is 5.39. The van der Waals surface area contributed by atoms with Crippen LogP contribution in [0.15, 0.2) is 58.5 Å². The summed E-state index contributed by atoms with van der Waals surface area (Å²) in [4.78, 5) is 10.3. The van der Waals surface area contributed by atoms with Crippen LogP contribution in [0.1, 0.15) is 5.56 Å². The molecular weight excluding hydrogens is 272 g/mol. The molecule has 0 saturated heterocycles. The Morgan fingerprint density at radius 3 is 2.86 bits per heavy atom. The molecule has 0 saturated carbocycles. The van der Waals surface area contributed by atoms with E-state index in [0.717, 1.165) is 5.56 Å². The molecule has 21 heavy (non-hydrogen) atoms. The van der Waals surface area contributed by atoms with Crippen molar-refractivity contribution in [1.82, 2.24) is 0 Å². The predicted molar refractivity (Wildman–Crippen MR) is 77.6 cm³/mol. The minimum absolute atomic E-state index is 0.299. The molecule has 110 valence electrons. The Kier molecular flexibility index (Phi) is 4.13. The molecule has 1 aromatic rings. The molecule has 0 heterocycles. The zero-order valence-corrected chi connectivity index (χ0v) is 11.8. The Hall–Kier alpha value is -2.54. The van der Waals surface area contributed by atoms with Crippen molar-refractivity contribution in [2.45, 2.75) is 18.6 Å². The standard InChI is InChI=1S/C14H16N4O3/c1-10-4-3-5-11(8-10)16-17-12-6-7-14(15,18(19)20)9-13(12)21-2/h3-9,12H,15H2,1-2H3. The number of nitro groups is 1. The van der Waals surface area contributed by atoms with E-state index < -0.39 is 16.6 Å². The fraction of sp³-hybridized carbons (Fsp3) is 0.286. The van der Waals surface area contributed by atoms with Crippen LogP contribution in [0.25, 0.3) is 0 Å². The minimum atomic E-state index is -1.76. The average molecular weight is 288 g/mol. The molecule has 2 atom stereocenters. The summed E-state index contributed by atoms with van der Waals surface area (Å²) >= 11 is 0. The quantitative estimate of drug-likeness (QED) is 0.302. The Morgan fingerprint density at radius 2 is 2.24 bits per heavy atom. The highest BCUT2D eigenvalue weighted by Crippen LogP contribution is 2.24. The lowest BCUT2D eigenvalue weighted by molar-refractivity contribution is -0.540. The molecule has 2 rings (SSSR count). The second-order valence-corrected chi connectivity index (χ2v) is 4.75. The summed E-state index contributed by atoms with van der Waals surface area (Å²) in [6, 6.07) is 7.03. The number of aryl methyl sites for hydroxylation is 1. The number of rotatable bonds is 4. The van der Waals surface area contributed by atoms with Gasteiger partial charge in [0.05, 0.1) is 23.8 Å². The Labute approximate surface area is 122 Å². The van der Waals surface area contributed by atoms with Crippen LogP contribution in [0.5, 0.6) is 0 Å². The zero-order chi connectivity index (χ0) is 15.5.